The Morgan fingerprint density at radius 3 is 2.68 bits per heavy atom. The van der Waals surface area contributed by atoms with E-state index in [4.69, 9.17) is 0 Å². The van der Waals surface area contributed by atoms with Gasteiger partial charge in [-0.3, -0.25) is 4.79 Å². The predicted molar refractivity (Wildman–Crippen MR) is 71.3 cm³/mol. The normalized spacial score (nSPS) is 38.0. The zero-order valence-corrected chi connectivity index (χ0v) is 10.9. The molecular formula is C16H19NO2. The van der Waals surface area contributed by atoms with Crippen LogP contribution in [0.1, 0.15) is 24.8 Å². The number of carbonyl (C=O) groups is 1. The minimum absolute atomic E-state index is 0.231. The highest BCUT2D eigenvalue weighted by Gasteiger charge is 2.67. The van der Waals surface area contributed by atoms with Crippen molar-refractivity contribution in [2.75, 3.05) is 0 Å². The lowest BCUT2D eigenvalue weighted by atomic mass is 10.0. The molecule has 0 spiro atoms. The average molecular weight is 257 g/mol. The number of hydrogen-bond acceptors (Lipinski definition) is 2. The van der Waals surface area contributed by atoms with E-state index >= 15 is 0 Å². The molecule has 2 N–H and O–H groups in total. The highest BCUT2D eigenvalue weighted by Crippen LogP contribution is 2.69. The lowest BCUT2D eigenvalue weighted by molar-refractivity contribution is -0.123. The maximum Gasteiger partial charge on any atom is 0.223 e. The van der Waals surface area contributed by atoms with Gasteiger partial charge in [0.25, 0.3) is 0 Å². The Hall–Kier alpha value is -1.51. The van der Waals surface area contributed by atoms with Crippen molar-refractivity contribution in [2.24, 2.45) is 29.6 Å². The molecule has 3 heteroatoms. The van der Waals surface area contributed by atoms with Gasteiger partial charge < -0.3 is 10.4 Å². The third-order valence-corrected chi connectivity index (χ3v) is 5.42. The van der Waals surface area contributed by atoms with Gasteiger partial charge in [0.2, 0.25) is 5.91 Å². The number of rotatable bonds is 3. The van der Waals surface area contributed by atoms with E-state index in [9.17, 15) is 9.90 Å². The second kappa shape index (κ2) is 3.99. The van der Waals surface area contributed by atoms with Crippen LogP contribution in [0.3, 0.4) is 0 Å². The Labute approximate surface area is 113 Å². The second-order valence-electron chi connectivity index (χ2n) is 6.40. The van der Waals surface area contributed by atoms with Crippen molar-refractivity contribution in [3.8, 4) is 5.75 Å². The molecule has 0 aromatic heterocycles. The smallest absolute Gasteiger partial charge is 0.223 e. The van der Waals surface area contributed by atoms with E-state index in [2.05, 4.69) is 5.32 Å². The maximum atomic E-state index is 12.2. The molecule has 3 aliphatic rings. The topological polar surface area (TPSA) is 49.3 Å². The number of fused-ring (bicyclic) bond motifs is 5. The fourth-order valence-electron chi connectivity index (χ4n) is 4.65. The number of benzene rings is 1. The van der Waals surface area contributed by atoms with E-state index in [0.29, 0.717) is 24.3 Å². The monoisotopic (exact) mass is 257 g/mol. The molecule has 3 aliphatic carbocycles. The van der Waals surface area contributed by atoms with Gasteiger partial charge in [-0.05, 0) is 60.6 Å². The molecular weight excluding hydrogens is 238 g/mol. The summed E-state index contributed by atoms with van der Waals surface area (Å²) in [5.74, 6) is 3.86. The first kappa shape index (κ1) is 11.3. The standard InChI is InChI=1S/C16H19NO2/c18-12-3-1-2-9(6-12)8-17-16(19)15-13-10-4-5-11(7-10)14(13)15/h1-3,6,10-11,13-15,18H,4-5,7-8H2,(H,17,19). The number of aromatic hydroxyl groups is 1. The van der Waals surface area contributed by atoms with Crippen molar-refractivity contribution < 1.29 is 9.90 Å². The molecule has 19 heavy (non-hydrogen) atoms. The lowest BCUT2D eigenvalue weighted by Crippen LogP contribution is -2.27. The van der Waals surface area contributed by atoms with Gasteiger partial charge in [0.1, 0.15) is 5.75 Å². The van der Waals surface area contributed by atoms with Gasteiger partial charge in [0, 0.05) is 12.5 Å². The number of phenolic OH excluding ortho intramolecular Hbond substituents is 1. The van der Waals surface area contributed by atoms with E-state index in [-0.39, 0.29) is 11.7 Å². The van der Waals surface area contributed by atoms with Crippen LogP contribution in [-0.2, 0) is 11.3 Å². The molecule has 0 heterocycles. The number of phenols is 1. The van der Waals surface area contributed by atoms with Crippen LogP contribution in [-0.4, -0.2) is 11.0 Å². The molecule has 0 radical (unpaired) electrons. The summed E-state index contributed by atoms with van der Waals surface area (Å²) < 4.78 is 0. The highest BCUT2D eigenvalue weighted by molar-refractivity contribution is 5.82. The van der Waals surface area contributed by atoms with Gasteiger partial charge >= 0.3 is 0 Å². The predicted octanol–water partition coefficient (Wildman–Crippen LogP) is 2.30. The third-order valence-electron chi connectivity index (χ3n) is 5.42. The number of amides is 1. The van der Waals surface area contributed by atoms with Crippen molar-refractivity contribution in [1.82, 2.24) is 5.32 Å². The molecule has 1 aromatic carbocycles. The van der Waals surface area contributed by atoms with E-state index < -0.39 is 0 Å². The van der Waals surface area contributed by atoms with Crippen LogP contribution >= 0.6 is 0 Å². The molecule has 1 amide bonds. The van der Waals surface area contributed by atoms with Crippen LogP contribution in [0.2, 0.25) is 0 Å². The summed E-state index contributed by atoms with van der Waals surface area (Å²) >= 11 is 0. The molecule has 3 fully saturated rings. The van der Waals surface area contributed by atoms with Crippen molar-refractivity contribution in [2.45, 2.75) is 25.8 Å². The van der Waals surface area contributed by atoms with E-state index in [1.165, 1.54) is 19.3 Å². The zero-order valence-electron chi connectivity index (χ0n) is 10.9. The first-order valence-corrected chi connectivity index (χ1v) is 7.29. The van der Waals surface area contributed by atoms with Crippen molar-refractivity contribution in [3.05, 3.63) is 29.8 Å². The van der Waals surface area contributed by atoms with Crippen LogP contribution in [0, 0.1) is 29.6 Å². The largest absolute Gasteiger partial charge is 0.508 e. The van der Waals surface area contributed by atoms with Gasteiger partial charge in [-0.2, -0.15) is 0 Å². The third kappa shape index (κ3) is 1.75. The molecule has 1 aromatic rings. The quantitative estimate of drug-likeness (QED) is 0.873. The molecule has 0 aliphatic heterocycles. The summed E-state index contributed by atoms with van der Waals surface area (Å²) in [6, 6.07) is 7.09. The summed E-state index contributed by atoms with van der Waals surface area (Å²) in [4.78, 5) is 12.2. The zero-order chi connectivity index (χ0) is 13.0. The van der Waals surface area contributed by atoms with Gasteiger partial charge in [-0.15, -0.1) is 0 Å². The van der Waals surface area contributed by atoms with Crippen molar-refractivity contribution >= 4 is 5.91 Å². The Kier molecular flexibility index (Phi) is 2.38. The molecule has 4 atom stereocenters. The van der Waals surface area contributed by atoms with Gasteiger partial charge in [-0.25, -0.2) is 0 Å². The number of nitrogens with one attached hydrogen (secondary N) is 1. The van der Waals surface area contributed by atoms with Crippen LogP contribution < -0.4 is 5.32 Å². The SMILES string of the molecule is O=C(NCc1cccc(O)c1)C1C2C3CCC(C3)C12. The minimum Gasteiger partial charge on any atom is -0.508 e. The van der Waals surface area contributed by atoms with Gasteiger partial charge in [-0.1, -0.05) is 12.1 Å². The van der Waals surface area contributed by atoms with E-state index in [1.807, 2.05) is 12.1 Å². The highest BCUT2D eigenvalue weighted by atomic mass is 16.3. The number of hydrogen-bond donors (Lipinski definition) is 2. The number of carbonyl (C=O) groups excluding carboxylic acids is 1. The van der Waals surface area contributed by atoms with Crippen LogP contribution in [0.4, 0.5) is 0 Å². The Balaban J connectivity index is 1.36. The Bertz CT molecular complexity index is 511. The summed E-state index contributed by atoms with van der Waals surface area (Å²) in [5.41, 5.74) is 0.960. The lowest BCUT2D eigenvalue weighted by Gasteiger charge is -2.09. The minimum atomic E-state index is 0.231. The van der Waals surface area contributed by atoms with E-state index in [1.54, 1.807) is 12.1 Å². The fourth-order valence-corrected chi connectivity index (χ4v) is 4.65. The van der Waals surface area contributed by atoms with Crippen molar-refractivity contribution in [3.63, 3.8) is 0 Å². The molecule has 4 rings (SSSR count). The van der Waals surface area contributed by atoms with Gasteiger partial charge in [0.05, 0.1) is 0 Å². The Morgan fingerprint density at radius 2 is 2.00 bits per heavy atom. The Morgan fingerprint density at radius 1 is 1.26 bits per heavy atom. The molecule has 100 valence electrons. The van der Waals surface area contributed by atoms with Crippen LogP contribution in [0.5, 0.6) is 5.75 Å². The average Bonchev–Trinajstić information content (AvgIpc) is 2.85. The second-order valence-corrected chi connectivity index (χ2v) is 6.40. The summed E-state index contributed by atoms with van der Waals surface area (Å²) in [6.07, 6.45) is 4.08. The molecule has 3 nitrogen and oxygen atoms in total. The van der Waals surface area contributed by atoms with Crippen LogP contribution in [0.25, 0.3) is 0 Å². The van der Waals surface area contributed by atoms with Crippen molar-refractivity contribution in [1.29, 1.82) is 0 Å². The first-order chi connectivity index (χ1) is 9.24. The van der Waals surface area contributed by atoms with E-state index in [0.717, 1.165) is 17.4 Å². The molecule has 4 unspecified atom stereocenters. The fraction of sp³-hybridized carbons (Fsp3) is 0.562. The molecule has 0 saturated heterocycles. The maximum absolute atomic E-state index is 12.2. The summed E-state index contributed by atoms with van der Waals surface area (Å²) in [5, 5.41) is 12.4. The van der Waals surface area contributed by atoms with Crippen LogP contribution in [0.15, 0.2) is 24.3 Å². The summed E-state index contributed by atoms with van der Waals surface area (Å²) in [6.45, 7) is 0.526. The van der Waals surface area contributed by atoms with Gasteiger partial charge in [0.15, 0.2) is 0 Å². The first-order valence-electron chi connectivity index (χ1n) is 7.29. The summed E-state index contributed by atoms with van der Waals surface area (Å²) in [7, 11) is 0. The molecule has 2 bridgehead atoms. The molecule has 3 saturated carbocycles.